The van der Waals surface area contributed by atoms with Gasteiger partial charge in [0.25, 0.3) is 5.91 Å². The number of amides is 1. The lowest BCUT2D eigenvalue weighted by atomic mass is 9.90. The second-order valence-corrected chi connectivity index (χ2v) is 12.7. The first-order valence-corrected chi connectivity index (χ1v) is 16.0. The van der Waals surface area contributed by atoms with Crippen molar-refractivity contribution in [2.24, 2.45) is 0 Å². The van der Waals surface area contributed by atoms with Gasteiger partial charge in [-0.2, -0.15) is 5.26 Å². The fourth-order valence-corrected chi connectivity index (χ4v) is 6.73. The standard InChI is InChI=1S/C35H40N8O3/c1-35(2,41-19-7-4-8-20-41)21-24(22-36)33(44)40-25-11-13-27(14-12-25)43-32-30(31(37)38-23-39-32)42(34(43)45)26-15-17-29(18-16-26)46-28-9-5-3-6-10-28/h3,5-6,9-10,15-18,21,23,25,27H,4,7-8,11-14,19-20H2,1-2H3,(H,40,44)(H2,37,38,39). The van der Waals surface area contributed by atoms with E-state index in [9.17, 15) is 14.9 Å². The van der Waals surface area contributed by atoms with E-state index in [1.807, 2.05) is 54.6 Å². The molecule has 6 rings (SSSR count). The number of aromatic nitrogens is 4. The van der Waals surface area contributed by atoms with E-state index in [1.54, 1.807) is 15.2 Å². The molecule has 2 aliphatic rings. The summed E-state index contributed by atoms with van der Waals surface area (Å²) in [5.41, 5.74) is 7.39. The monoisotopic (exact) mass is 620 g/mol. The van der Waals surface area contributed by atoms with E-state index in [4.69, 9.17) is 10.5 Å². The number of ether oxygens (including phenoxy) is 1. The highest BCUT2D eigenvalue weighted by molar-refractivity contribution is 5.97. The maximum Gasteiger partial charge on any atom is 0.335 e. The number of nitrogens with two attached hydrogens (primary N) is 1. The van der Waals surface area contributed by atoms with E-state index >= 15 is 0 Å². The average molecular weight is 621 g/mol. The van der Waals surface area contributed by atoms with Crippen LogP contribution in [0.4, 0.5) is 5.82 Å². The van der Waals surface area contributed by atoms with Crippen LogP contribution < -0.4 is 21.5 Å². The number of nitrogen functional groups attached to an aromatic ring is 1. The molecule has 3 heterocycles. The topological polar surface area (TPSA) is 144 Å². The quantitative estimate of drug-likeness (QED) is 0.200. The number of fused-ring (bicyclic) bond motifs is 1. The van der Waals surface area contributed by atoms with Crippen molar-refractivity contribution in [3.05, 3.63) is 83.1 Å². The summed E-state index contributed by atoms with van der Waals surface area (Å²) in [5.74, 6) is 1.23. The van der Waals surface area contributed by atoms with Crippen molar-refractivity contribution in [2.45, 2.75) is 76.4 Å². The molecule has 0 bridgehead atoms. The molecule has 238 valence electrons. The van der Waals surface area contributed by atoms with Crippen molar-refractivity contribution < 1.29 is 9.53 Å². The Morgan fingerprint density at radius 1 is 1.00 bits per heavy atom. The zero-order chi connectivity index (χ0) is 32.3. The first-order chi connectivity index (χ1) is 22.2. The van der Waals surface area contributed by atoms with Crippen LogP contribution in [0.1, 0.15) is 64.8 Å². The normalized spacial score (nSPS) is 19.5. The Kier molecular flexibility index (Phi) is 8.90. The molecule has 2 aromatic carbocycles. The van der Waals surface area contributed by atoms with Crippen LogP contribution in [0.5, 0.6) is 11.5 Å². The van der Waals surface area contributed by atoms with Gasteiger partial charge in [-0.15, -0.1) is 0 Å². The smallest absolute Gasteiger partial charge is 0.335 e. The fraction of sp³-hybridized carbons (Fsp3) is 0.400. The molecular formula is C35H40N8O3. The van der Waals surface area contributed by atoms with Gasteiger partial charge < -0.3 is 15.8 Å². The number of imidazole rings is 1. The highest BCUT2D eigenvalue weighted by Gasteiger charge is 2.31. The molecule has 11 heteroatoms. The summed E-state index contributed by atoms with van der Waals surface area (Å²) in [6.45, 7) is 6.05. The lowest BCUT2D eigenvalue weighted by molar-refractivity contribution is -0.118. The van der Waals surface area contributed by atoms with Crippen molar-refractivity contribution in [3.8, 4) is 23.3 Å². The van der Waals surface area contributed by atoms with Crippen LogP contribution in [0, 0.1) is 11.3 Å². The molecule has 11 nitrogen and oxygen atoms in total. The lowest BCUT2D eigenvalue weighted by Crippen LogP contribution is -2.46. The van der Waals surface area contributed by atoms with Gasteiger partial charge in [-0.05, 0) is 108 Å². The SMILES string of the molecule is CC(C)(C=C(C#N)C(=O)NC1CCC(n2c(=O)n(-c3ccc(Oc4ccccc4)cc3)c3c(N)ncnc32)CC1)N1CCCCC1. The van der Waals surface area contributed by atoms with Gasteiger partial charge in [-0.3, -0.25) is 18.8 Å². The second-order valence-electron chi connectivity index (χ2n) is 12.7. The van der Waals surface area contributed by atoms with Crippen LogP contribution in [0.25, 0.3) is 16.9 Å². The molecule has 1 saturated carbocycles. The molecule has 1 aliphatic heterocycles. The molecule has 1 saturated heterocycles. The highest BCUT2D eigenvalue weighted by Crippen LogP contribution is 2.32. The number of nitrogens with zero attached hydrogens (tertiary/aromatic N) is 6. The largest absolute Gasteiger partial charge is 0.457 e. The highest BCUT2D eigenvalue weighted by atomic mass is 16.5. The maximum absolute atomic E-state index is 14.0. The number of anilines is 1. The van der Waals surface area contributed by atoms with Gasteiger partial charge in [-0.25, -0.2) is 14.8 Å². The summed E-state index contributed by atoms with van der Waals surface area (Å²) in [7, 11) is 0. The molecule has 2 aromatic heterocycles. The van der Waals surface area contributed by atoms with Gasteiger partial charge in [0.05, 0.1) is 5.69 Å². The first kappa shape index (κ1) is 31.0. The lowest BCUT2D eigenvalue weighted by Gasteiger charge is -2.39. The Morgan fingerprint density at radius 3 is 2.35 bits per heavy atom. The van der Waals surface area contributed by atoms with E-state index in [-0.39, 0.29) is 40.6 Å². The molecular weight excluding hydrogens is 580 g/mol. The summed E-state index contributed by atoms with van der Waals surface area (Å²) < 4.78 is 9.19. The fourth-order valence-electron chi connectivity index (χ4n) is 6.73. The molecule has 2 fully saturated rings. The number of carbonyl (C=O) groups excluding carboxylic acids is 1. The van der Waals surface area contributed by atoms with Gasteiger partial charge in [-0.1, -0.05) is 24.6 Å². The Balaban J connectivity index is 1.18. The number of likely N-dealkylation sites (tertiary alicyclic amines) is 1. The number of hydrogen-bond donors (Lipinski definition) is 2. The van der Waals surface area contributed by atoms with Crippen LogP contribution in [-0.2, 0) is 4.79 Å². The number of benzene rings is 2. The Labute approximate surface area is 268 Å². The summed E-state index contributed by atoms with van der Waals surface area (Å²) >= 11 is 0. The Hall–Kier alpha value is -4.95. The van der Waals surface area contributed by atoms with E-state index < -0.39 is 0 Å². The molecule has 4 aromatic rings. The molecule has 3 N–H and O–H groups in total. The number of para-hydroxylation sites is 1. The Bertz CT molecular complexity index is 1820. The third-order valence-corrected chi connectivity index (χ3v) is 9.19. The van der Waals surface area contributed by atoms with E-state index in [0.29, 0.717) is 48.3 Å². The molecule has 0 spiro atoms. The predicted molar refractivity (Wildman–Crippen MR) is 177 cm³/mol. The zero-order valence-corrected chi connectivity index (χ0v) is 26.4. The first-order valence-electron chi connectivity index (χ1n) is 16.0. The van der Waals surface area contributed by atoms with Crippen LogP contribution >= 0.6 is 0 Å². The van der Waals surface area contributed by atoms with Gasteiger partial charge in [0.2, 0.25) is 0 Å². The summed E-state index contributed by atoms with van der Waals surface area (Å²) in [5, 5.41) is 12.9. The van der Waals surface area contributed by atoms with Gasteiger partial charge in [0.15, 0.2) is 11.5 Å². The van der Waals surface area contributed by atoms with E-state index in [2.05, 4.69) is 40.1 Å². The minimum absolute atomic E-state index is 0.0977. The van der Waals surface area contributed by atoms with Crippen LogP contribution in [0.15, 0.2) is 77.4 Å². The van der Waals surface area contributed by atoms with Crippen LogP contribution in [-0.4, -0.2) is 54.6 Å². The molecule has 0 radical (unpaired) electrons. The van der Waals surface area contributed by atoms with Gasteiger partial charge >= 0.3 is 5.69 Å². The van der Waals surface area contributed by atoms with Gasteiger partial charge in [0, 0.05) is 17.6 Å². The van der Waals surface area contributed by atoms with Gasteiger partial charge in [0.1, 0.15) is 35.0 Å². The van der Waals surface area contributed by atoms with Crippen molar-refractivity contribution in [1.82, 2.24) is 29.3 Å². The van der Waals surface area contributed by atoms with Crippen molar-refractivity contribution in [2.75, 3.05) is 18.8 Å². The predicted octanol–water partition coefficient (Wildman–Crippen LogP) is 5.27. The minimum atomic E-state index is -0.380. The average Bonchev–Trinajstić information content (AvgIpc) is 3.38. The Morgan fingerprint density at radius 2 is 1.67 bits per heavy atom. The summed E-state index contributed by atoms with van der Waals surface area (Å²) in [4.78, 5) is 38.2. The van der Waals surface area contributed by atoms with E-state index in [0.717, 1.165) is 31.7 Å². The number of nitriles is 1. The molecule has 46 heavy (non-hydrogen) atoms. The minimum Gasteiger partial charge on any atom is -0.457 e. The van der Waals surface area contributed by atoms with Crippen LogP contribution in [0.3, 0.4) is 0 Å². The number of rotatable bonds is 8. The van der Waals surface area contributed by atoms with E-state index in [1.165, 1.54) is 12.7 Å². The van der Waals surface area contributed by atoms with Crippen molar-refractivity contribution >= 4 is 22.9 Å². The molecule has 1 amide bonds. The maximum atomic E-state index is 14.0. The van der Waals surface area contributed by atoms with Crippen molar-refractivity contribution in [3.63, 3.8) is 0 Å². The number of piperidine rings is 1. The third kappa shape index (κ3) is 6.39. The summed E-state index contributed by atoms with van der Waals surface area (Å²) in [6, 6.07) is 18.6. The molecule has 1 aliphatic carbocycles. The number of hydrogen-bond acceptors (Lipinski definition) is 8. The number of nitrogens with one attached hydrogen (secondary N) is 1. The second kappa shape index (κ2) is 13.2. The zero-order valence-electron chi connectivity index (χ0n) is 26.4. The van der Waals surface area contributed by atoms with Crippen LogP contribution in [0.2, 0.25) is 0 Å². The van der Waals surface area contributed by atoms with Crippen molar-refractivity contribution in [1.29, 1.82) is 5.26 Å². The third-order valence-electron chi connectivity index (χ3n) is 9.19. The molecule has 0 unspecified atom stereocenters. The number of carbonyl (C=O) groups is 1. The summed E-state index contributed by atoms with van der Waals surface area (Å²) in [6.07, 6.45) is 9.29. The molecule has 0 atom stereocenters.